The zero-order chi connectivity index (χ0) is 11.8. The zero-order valence-corrected chi connectivity index (χ0v) is 10.5. The Morgan fingerprint density at radius 1 is 1.12 bits per heavy atom. The third kappa shape index (κ3) is 1.85. The molecule has 3 rings (SSSR count). The average molecular weight is 225 g/mol. The molecule has 1 aliphatic rings. The summed E-state index contributed by atoms with van der Waals surface area (Å²) in [4.78, 5) is 0. The number of nitrogens with one attached hydrogen (secondary N) is 1. The van der Waals surface area contributed by atoms with Crippen LogP contribution in [0.5, 0.6) is 0 Å². The fourth-order valence-electron chi connectivity index (χ4n) is 2.94. The smallest absolute Gasteiger partial charge is 0.0355 e. The summed E-state index contributed by atoms with van der Waals surface area (Å²) >= 11 is 0. The molecule has 1 N–H and O–H groups in total. The lowest BCUT2D eigenvalue weighted by Gasteiger charge is -2.18. The first kappa shape index (κ1) is 10.8. The van der Waals surface area contributed by atoms with Crippen LogP contribution < -0.4 is 5.32 Å². The fourth-order valence-corrected chi connectivity index (χ4v) is 2.94. The van der Waals surface area contributed by atoms with Crippen molar-refractivity contribution in [2.24, 2.45) is 11.8 Å². The summed E-state index contributed by atoms with van der Waals surface area (Å²) < 4.78 is 0. The second-order valence-corrected chi connectivity index (χ2v) is 5.21. The highest BCUT2D eigenvalue weighted by atomic mass is 14.9. The topological polar surface area (TPSA) is 12.0 Å². The second-order valence-electron chi connectivity index (χ2n) is 5.21. The van der Waals surface area contributed by atoms with Crippen molar-refractivity contribution in [2.75, 3.05) is 7.05 Å². The molecule has 0 amide bonds. The highest BCUT2D eigenvalue weighted by molar-refractivity contribution is 5.86. The van der Waals surface area contributed by atoms with E-state index in [1.165, 1.54) is 22.8 Å². The average Bonchev–Trinajstić information content (AvgIpc) is 3.08. The van der Waals surface area contributed by atoms with Crippen molar-refractivity contribution in [2.45, 2.75) is 19.4 Å². The van der Waals surface area contributed by atoms with Crippen molar-refractivity contribution in [3.05, 3.63) is 48.0 Å². The van der Waals surface area contributed by atoms with Crippen LogP contribution in [0.4, 0.5) is 0 Å². The normalized spacial score (nSPS) is 24.8. The Morgan fingerprint density at radius 2 is 1.82 bits per heavy atom. The van der Waals surface area contributed by atoms with Gasteiger partial charge < -0.3 is 5.32 Å². The Kier molecular flexibility index (Phi) is 2.64. The maximum atomic E-state index is 3.50. The molecular weight excluding hydrogens is 206 g/mol. The van der Waals surface area contributed by atoms with Crippen LogP contribution in [0.2, 0.25) is 0 Å². The quantitative estimate of drug-likeness (QED) is 0.838. The molecule has 0 aliphatic heterocycles. The van der Waals surface area contributed by atoms with Gasteiger partial charge in [0.15, 0.2) is 0 Å². The highest BCUT2D eigenvalue weighted by Gasteiger charge is 2.39. The summed E-state index contributed by atoms with van der Waals surface area (Å²) in [6, 6.07) is 15.8. The van der Waals surface area contributed by atoms with E-state index in [1.54, 1.807) is 0 Å². The lowest BCUT2D eigenvalue weighted by molar-refractivity contribution is 0.507. The largest absolute Gasteiger partial charge is 0.313 e. The first-order chi connectivity index (χ1) is 8.31. The van der Waals surface area contributed by atoms with Gasteiger partial charge in [0.2, 0.25) is 0 Å². The SMILES string of the molecule is CNC(c1cccc2ccccc12)C1CC1C. The van der Waals surface area contributed by atoms with Gasteiger partial charge in [0.1, 0.15) is 0 Å². The van der Waals surface area contributed by atoms with Crippen LogP contribution in [-0.4, -0.2) is 7.05 Å². The molecule has 1 heteroatoms. The Balaban J connectivity index is 2.09. The molecule has 1 saturated carbocycles. The van der Waals surface area contributed by atoms with E-state index >= 15 is 0 Å². The Morgan fingerprint density at radius 3 is 2.53 bits per heavy atom. The minimum absolute atomic E-state index is 0.510. The maximum absolute atomic E-state index is 3.50. The molecule has 2 aromatic carbocycles. The van der Waals surface area contributed by atoms with Crippen LogP contribution in [0.15, 0.2) is 42.5 Å². The fraction of sp³-hybridized carbons (Fsp3) is 0.375. The van der Waals surface area contributed by atoms with Crippen LogP contribution in [0.25, 0.3) is 10.8 Å². The van der Waals surface area contributed by atoms with Crippen molar-refractivity contribution in [3.8, 4) is 0 Å². The molecule has 0 aromatic heterocycles. The Hall–Kier alpha value is -1.34. The summed E-state index contributed by atoms with van der Waals surface area (Å²) in [6.07, 6.45) is 1.36. The number of benzene rings is 2. The van der Waals surface area contributed by atoms with E-state index in [1.807, 2.05) is 0 Å². The maximum Gasteiger partial charge on any atom is 0.0355 e. The summed E-state index contributed by atoms with van der Waals surface area (Å²) in [6.45, 7) is 2.35. The van der Waals surface area contributed by atoms with E-state index in [4.69, 9.17) is 0 Å². The van der Waals surface area contributed by atoms with E-state index in [2.05, 4.69) is 61.8 Å². The predicted molar refractivity (Wildman–Crippen MR) is 73.0 cm³/mol. The van der Waals surface area contributed by atoms with Crippen LogP contribution in [0.1, 0.15) is 24.9 Å². The van der Waals surface area contributed by atoms with Crippen molar-refractivity contribution in [1.82, 2.24) is 5.32 Å². The van der Waals surface area contributed by atoms with Crippen LogP contribution in [-0.2, 0) is 0 Å². The van der Waals surface area contributed by atoms with Gasteiger partial charge >= 0.3 is 0 Å². The molecule has 3 atom stereocenters. The van der Waals surface area contributed by atoms with Crippen LogP contribution in [0.3, 0.4) is 0 Å². The molecule has 2 aromatic rings. The zero-order valence-electron chi connectivity index (χ0n) is 10.5. The summed E-state index contributed by atoms with van der Waals surface area (Å²) in [7, 11) is 2.08. The van der Waals surface area contributed by atoms with Gasteiger partial charge in [-0.2, -0.15) is 0 Å². The van der Waals surface area contributed by atoms with E-state index in [0.717, 1.165) is 11.8 Å². The lowest BCUT2D eigenvalue weighted by atomic mass is 9.95. The molecule has 0 saturated heterocycles. The van der Waals surface area contributed by atoms with Gasteiger partial charge in [-0.05, 0) is 41.6 Å². The highest BCUT2D eigenvalue weighted by Crippen LogP contribution is 2.47. The summed E-state index contributed by atoms with van der Waals surface area (Å²) in [5.41, 5.74) is 1.46. The number of hydrogen-bond donors (Lipinski definition) is 1. The van der Waals surface area contributed by atoms with E-state index in [9.17, 15) is 0 Å². The Bertz CT molecular complexity index is 527. The van der Waals surface area contributed by atoms with E-state index < -0.39 is 0 Å². The molecule has 0 radical (unpaired) electrons. The molecule has 1 aliphatic carbocycles. The number of rotatable bonds is 3. The van der Waals surface area contributed by atoms with Gasteiger partial charge in [0.25, 0.3) is 0 Å². The minimum atomic E-state index is 0.510. The summed E-state index contributed by atoms with van der Waals surface area (Å²) in [5.74, 6) is 1.68. The van der Waals surface area contributed by atoms with E-state index in [-0.39, 0.29) is 0 Å². The molecule has 0 heterocycles. The van der Waals surface area contributed by atoms with Crippen molar-refractivity contribution < 1.29 is 0 Å². The van der Waals surface area contributed by atoms with Gasteiger partial charge in [-0.15, -0.1) is 0 Å². The van der Waals surface area contributed by atoms with Gasteiger partial charge in [-0.25, -0.2) is 0 Å². The van der Waals surface area contributed by atoms with Gasteiger partial charge in [-0.3, -0.25) is 0 Å². The molecule has 17 heavy (non-hydrogen) atoms. The number of hydrogen-bond acceptors (Lipinski definition) is 1. The van der Waals surface area contributed by atoms with Gasteiger partial charge in [0.05, 0.1) is 0 Å². The molecular formula is C16H19N. The number of fused-ring (bicyclic) bond motifs is 1. The van der Waals surface area contributed by atoms with Crippen LogP contribution in [0, 0.1) is 11.8 Å². The monoisotopic (exact) mass is 225 g/mol. The molecule has 0 spiro atoms. The van der Waals surface area contributed by atoms with Crippen LogP contribution >= 0.6 is 0 Å². The van der Waals surface area contributed by atoms with Crippen molar-refractivity contribution >= 4 is 10.8 Å². The molecule has 0 bridgehead atoms. The van der Waals surface area contributed by atoms with Gasteiger partial charge in [0, 0.05) is 6.04 Å². The first-order valence-corrected chi connectivity index (χ1v) is 6.46. The summed E-state index contributed by atoms with van der Waals surface area (Å²) in [5, 5.41) is 6.25. The molecule has 3 unspecified atom stereocenters. The van der Waals surface area contributed by atoms with Gasteiger partial charge in [-0.1, -0.05) is 49.4 Å². The Labute approximate surface area is 103 Å². The predicted octanol–water partition coefficient (Wildman–Crippen LogP) is 3.76. The molecule has 88 valence electrons. The second kappa shape index (κ2) is 4.15. The lowest BCUT2D eigenvalue weighted by Crippen LogP contribution is -2.19. The third-order valence-corrected chi connectivity index (χ3v) is 4.07. The van der Waals surface area contributed by atoms with Crippen molar-refractivity contribution in [3.63, 3.8) is 0 Å². The minimum Gasteiger partial charge on any atom is -0.313 e. The molecule has 1 nitrogen and oxygen atoms in total. The molecule has 1 fully saturated rings. The first-order valence-electron chi connectivity index (χ1n) is 6.46. The standard InChI is InChI=1S/C16H19N/c1-11-10-15(11)16(17-2)14-9-5-7-12-6-3-4-8-13(12)14/h3-9,11,15-17H,10H2,1-2H3. The van der Waals surface area contributed by atoms with E-state index in [0.29, 0.717) is 6.04 Å². The van der Waals surface area contributed by atoms with Crippen molar-refractivity contribution in [1.29, 1.82) is 0 Å². The third-order valence-electron chi connectivity index (χ3n) is 4.07.